The number of furan rings is 1. The Bertz CT molecular complexity index is 977. The molecule has 0 aliphatic rings. The van der Waals surface area contributed by atoms with E-state index in [0.29, 0.717) is 24.1 Å². The summed E-state index contributed by atoms with van der Waals surface area (Å²) in [4.78, 5) is 12.3. The molecule has 0 saturated carbocycles. The lowest BCUT2D eigenvalue weighted by atomic mass is 10.3. The Labute approximate surface area is 147 Å². The Morgan fingerprint density at radius 2 is 2.20 bits per heavy atom. The van der Waals surface area contributed by atoms with Crippen molar-refractivity contribution in [3.8, 4) is 17.3 Å². The zero-order valence-electron chi connectivity index (χ0n) is 13.7. The standard InChI is InChI=1S/C17H16N4O3S/c1-3-22-11-6-7-12-13(9-11)19-17(18-12)25-10(2)16-20-15(21-24-16)14-5-4-8-23-14/h4-10H,3H2,1-2H3,(H,18,19)/t10-/m1/s1. The van der Waals surface area contributed by atoms with Gasteiger partial charge in [0.05, 0.1) is 29.2 Å². The molecule has 3 aromatic heterocycles. The van der Waals surface area contributed by atoms with E-state index in [1.54, 1.807) is 18.4 Å². The van der Waals surface area contributed by atoms with E-state index in [-0.39, 0.29) is 5.25 Å². The van der Waals surface area contributed by atoms with Crippen LogP contribution in [0.25, 0.3) is 22.6 Å². The van der Waals surface area contributed by atoms with Gasteiger partial charge in [-0.05, 0) is 38.1 Å². The average Bonchev–Trinajstić information content (AvgIpc) is 3.34. The van der Waals surface area contributed by atoms with Crippen LogP contribution in [0, 0.1) is 0 Å². The number of nitrogens with zero attached hydrogens (tertiary/aromatic N) is 3. The third-order valence-electron chi connectivity index (χ3n) is 3.56. The highest BCUT2D eigenvalue weighted by molar-refractivity contribution is 7.99. The summed E-state index contributed by atoms with van der Waals surface area (Å²) in [5.41, 5.74) is 1.82. The van der Waals surface area contributed by atoms with Crippen LogP contribution < -0.4 is 4.74 Å². The van der Waals surface area contributed by atoms with Crippen LogP contribution in [-0.4, -0.2) is 26.7 Å². The first-order valence-electron chi connectivity index (χ1n) is 7.89. The van der Waals surface area contributed by atoms with E-state index in [1.807, 2.05) is 32.0 Å². The van der Waals surface area contributed by atoms with Crippen molar-refractivity contribution < 1.29 is 13.7 Å². The average molecular weight is 356 g/mol. The van der Waals surface area contributed by atoms with Gasteiger partial charge in [0.25, 0.3) is 0 Å². The SMILES string of the molecule is CCOc1ccc2nc(S[C@H](C)c3nc(-c4ccco4)no3)[nH]c2c1. The Hall–Kier alpha value is -2.74. The molecule has 4 rings (SSSR count). The van der Waals surface area contributed by atoms with Crippen molar-refractivity contribution in [1.82, 2.24) is 20.1 Å². The molecule has 3 heterocycles. The van der Waals surface area contributed by atoms with Gasteiger partial charge in [-0.3, -0.25) is 0 Å². The molecule has 128 valence electrons. The van der Waals surface area contributed by atoms with Crippen molar-refractivity contribution in [1.29, 1.82) is 0 Å². The zero-order chi connectivity index (χ0) is 17.2. The van der Waals surface area contributed by atoms with Crippen molar-refractivity contribution in [2.75, 3.05) is 6.61 Å². The molecule has 1 atom stereocenters. The van der Waals surface area contributed by atoms with Crippen molar-refractivity contribution in [2.45, 2.75) is 24.3 Å². The molecule has 0 aliphatic carbocycles. The van der Waals surface area contributed by atoms with Gasteiger partial charge in [0.15, 0.2) is 10.9 Å². The molecule has 7 nitrogen and oxygen atoms in total. The van der Waals surface area contributed by atoms with Gasteiger partial charge in [0.2, 0.25) is 11.7 Å². The number of imidazole rings is 1. The van der Waals surface area contributed by atoms with Gasteiger partial charge < -0.3 is 18.7 Å². The van der Waals surface area contributed by atoms with Gasteiger partial charge in [-0.15, -0.1) is 0 Å². The van der Waals surface area contributed by atoms with Crippen molar-refractivity contribution in [3.05, 3.63) is 42.5 Å². The van der Waals surface area contributed by atoms with Crippen molar-refractivity contribution in [3.63, 3.8) is 0 Å². The number of benzene rings is 1. The largest absolute Gasteiger partial charge is 0.494 e. The maximum Gasteiger partial charge on any atom is 0.240 e. The molecular weight excluding hydrogens is 340 g/mol. The lowest BCUT2D eigenvalue weighted by molar-refractivity contribution is 0.340. The molecule has 0 unspecified atom stereocenters. The summed E-state index contributed by atoms with van der Waals surface area (Å²) in [6, 6.07) is 9.38. The van der Waals surface area contributed by atoms with Crippen molar-refractivity contribution >= 4 is 22.8 Å². The predicted molar refractivity (Wildman–Crippen MR) is 93.5 cm³/mol. The second-order valence-corrected chi connectivity index (χ2v) is 6.68. The van der Waals surface area contributed by atoms with Gasteiger partial charge in [0.1, 0.15) is 5.75 Å². The molecule has 0 radical (unpaired) electrons. The smallest absolute Gasteiger partial charge is 0.240 e. The molecule has 0 bridgehead atoms. The first-order valence-corrected chi connectivity index (χ1v) is 8.77. The van der Waals surface area contributed by atoms with E-state index in [0.717, 1.165) is 21.9 Å². The van der Waals surface area contributed by atoms with Crippen molar-refractivity contribution in [2.24, 2.45) is 0 Å². The van der Waals surface area contributed by atoms with Crippen LogP contribution in [0.1, 0.15) is 25.0 Å². The van der Waals surface area contributed by atoms with Gasteiger partial charge in [0, 0.05) is 6.07 Å². The van der Waals surface area contributed by atoms with E-state index in [4.69, 9.17) is 13.7 Å². The fourth-order valence-corrected chi connectivity index (χ4v) is 3.25. The number of nitrogens with one attached hydrogen (secondary N) is 1. The van der Waals surface area contributed by atoms with Gasteiger partial charge >= 0.3 is 0 Å². The second-order valence-electron chi connectivity index (χ2n) is 5.35. The second kappa shape index (κ2) is 6.64. The minimum atomic E-state index is -0.0527. The Morgan fingerprint density at radius 1 is 1.28 bits per heavy atom. The third kappa shape index (κ3) is 3.25. The first kappa shape index (κ1) is 15.8. The fraction of sp³-hybridized carbons (Fsp3) is 0.235. The van der Waals surface area contributed by atoms with E-state index in [9.17, 15) is 0 Å². The summed E-state index contributed by atoms with van der Waals surface area (Å²) >= 11 is 1.52. The predicted octanol–water partition coefficient (Wildman–Crippen LogP) is 4.46. The number of hydrogen-bond donors (Lipinski definition) is 1. The molecule has 0 saturated heterocycles. The summed E-state index contributed by atoms with van der Waals surface area (Å²) in [5.74, 6) is 2.37. The molecule has 1 aromatic carbocycles. The first-order chi connectivity index (χ1) is 12.2. The van der Waals surface area contributed by atoms with Crippen LogP contribution in [0.3, 0.4) is 0 Å². The fourth-order valence-electron chi connectivity index (χ4n) is 2.40. The minimum absolute atomic E-state index is 0.0527. The van der Waals surface area contributed by atoms with E-state index < -0.39 is 0 Å². The maximum atomic E-state index is 5.52. The molecule has 0 spiro atoms. The number of aromatic amines is 1. The number of ether oxygens (including phenoxy) is 1. The molecule has 8 heteroatoms. The minimum Gasteiger partial charge on any atom is -0.494 e. The highest BCUT2D eigenvalue weighted by Gasteiger charge is 2.19. The van der Waals surface area contributed by atoms with Gasteiger partial charge in [-0.2, -0.15) is 4.98 Å². The summed E-state index contributed by atoms with van der Waals surface area (Å²) in [5, 5.41) is 4.69. The molecular formula is C17H16N4O3S. The molecule has 25 heavy (non-hydrogen) atoms. The number of rotatable bonds is 6. The van der Waals surface area contributed by atoms with Crippen LogP contribution in [0.5, 0.6) is 5.75 Å². The summed E-state index contributed by atoms with van der Waals surface area (Å²) in [6.07, 6.45) is 1.58. The van der Waals surface area contributed by atoms with E-state index in [2.05, 4.69) is 20.1 Å². The van der Waals surface area contributed by atoms with Gasteiger partial charge in [-0.25, -0.2) is 4.98 Å². The zero-order valence-corrected chi connectivity index (χ0v) is 14.5. The number of H-pyrrole nitrogens is 1. The number of hydrogen-bond acceptors (Lipinski definition) is 7. The van der Waals surface area contributed by atoms with Crippen LogP contribution in [0.2, 0.25) is 0 Å². The number of fused-ring (bicyclic) bond motifs is 1. The van der Waals surface area contributed by atoms with Crippen LogP contribution in [0.15, 0.2) is 50.7 Å². The summed E-state index contributed by atoms with van der Waals surface area (Å²) in [6.45, 7) is 4.58. The highest BCUT2D eigenvalue weighted by Crippen LogP contribution is 2.34. The van der Waals surface area contributed by atoms with E-state index in [1.165, 1.54) is 11.8 Å². The Kier molecular flexibility index (Phi) is 4.19. The number of thioether (sulfide) groups is 1. The summed E-state index contributed by atoms with van der Waals surface area (Å²) in [7, 11) is 0. The lowest BCUT2D eigenvalue weighted by Crippen LogP contribution is -1.90. The number of aromatic nitrogens is 4. The third-order valence-corrected chi connectivity index (χ3v) is 4.53. The molecule has 0 fully saturated rings. The molecule has 4 aromatic rings. The molecule has 1 N–H and O–H groups in total. The van der Waals surface area contributed by atoms with Crippen LogP contribution >= 0.6 is 11.8 Å². The maximum absolute atomic E-state index is 5.52. The Morgan fingerprint density at radius 3 is 3.00 bits per heavy atom. The monoisotopic (exact) mass is 356 g/mol. The van der Waals surface area contributed by atoms with Gasteiger partial charge in [-0.1, -0.05) is 16.9 Å². The molecule has 0 amide bonds. The molecule has 0 aliphatic heterocycles. The summed E-state index contributed by atoms with van der Waals surface area (Å²) < 4.78 is 16.1. The van der Waals surface area contributed by atoms with Crippen LogP contribution in [0.4, 0.5) is 0 Å². The quantitative estimate of drug-likeness (QED) is 0.510. The topological polar surface area (TPSA) is 90.0 Å². The highest BCUT2D eigenvalue weighted by atomic mass is 32.2. The lowest BCUT2D eigenvalue weighted by Gasteiger charge is -2.02. The van der Waals surface area contributed by atoms with Crippen LogP contribution in [-0.2, 0) is 0 Å². The normalized spacial score (nSPS) is 12.6. The van der Waals surface area contributed by atoms with E-state index >= 15 is 0 Å². The Balaban J connectivity index is 1.52.